The van der Waals surface area contributed by atoms with E-state index in [4.69, 9.17) is 11.6 Å². The molecule has 2 N–H and O–H groups in total. The maximum atomic E-state index is 9.91. The van der Waals surface area contributed by atoms with Gasteiger partial charge in [0.2, 0.25) is 0 Å². The van der Waals surface area contributed by atoms with Crippen molar-refractivity contribution in [3.63, 3.8) is 0 Å². The Kier molecular flexibility index (Phi) is 3.00. The standard InChI is InChI=1S/C14H15ClN2O/c15-9-5-6-11-12(14(18)17-13(11)7-9)8-16-10-3-1-2-4-10/h5-8,10,17-18H,1-4H2. The zero-order valence-electron chi connectivity index (χ0n) is 9.99. The molecule has 0 bridgehead atoms. The molecule has 1 aliphatic carbocycles. The van der Waals surface area contributed by atoms with Crippen LogP contribution in [-0.4, -0.2) is 22.3 Å². The van der Waals surface area contributed by atoms with Crippen LogP contribution in [0.15, 0.2) is 23.2 Å². The number of nitrogens with one attached hydrogen (secondary N) is 1. The van der Waals surface area contributed by atoms with E-state index in [1.54, 1.807) is 6.21 Å². The summed E-state index contributed by atoms with van der Waals surface area (Å²) in [6.45, 7) is 0. The summed E-state index contributed by atoms with van der Waals surface area (Å²) in [6.07, 6.45) is 6.63. The van der Waals surface area contributed by atoms with Crippen molar-refractivity contribution >= 4 is 28.7 Å². The zero-order chi connectivity index (χ0) is 12.5. The summed E-state index contributed by atoms with van der Waals surface area (Å²) >= 11 is 5.93. The third-order valence-corrected chi connectivity index (χ3v) is 3.75. The minimum atomic E-state index is 0.161. The van der Waals surface area contributed by atoms with Crippen molar-refractivity contribution < 1.29 is 5.11 Å². The average molecular weight is 263 g/mol. The van der Waals surface area contributed by atoms with Crippen LogP contribution in [0.5, 0.6) is 5.88 Å². The lowest BCUT2D eigenvalue weighted by molar-refractivity contribution is 0.457. The van der Waals surface area contributed by atoms with Crippen molar-refractivity contribution in [3.8, 4) is 5.88 Å². The van der Waals surface area contributed by atoms with E-state index >= 15 is 0 Å². The second kappa shape index (κ2) is 4.65. The third kappa shape index (κ3) is 2.10. The molecule has 0 amide bonds. The topological polar surface area (TPSA) is 48.4 Å². The first kappa shape index (κ1) is 11.6. The Bertz CT molecular complexity index is 597. The zero-order valence-corrected chi connectivity index (χ0v) is 10.7. The number of halogens is 1. The Morgan fingerprint density at radius 1 is 1.33 bits per heavy atom. The second-order valence-electron chi connectivity index (χ2n) is 4.79. The number of aromatic hydroxyl groups is 1. The molecule has 1 aliphatic rings. The van der Waals surface area contributed by atoms with Gasteiger partial charge in [-0.3, -0.25) is 4.99 Å². The van der Waals surface area contributed by atoms with Gasteiger partial charge >= 0.3 is 0 Å². The van der Waals surface area contributed by atoms with E-state index in [9.17, 15) is 5.11 Å². The number of aliphatic imine (C=N–C) groups is 1. The van der Waals surface area contributed by atoms with Crippen LogP contribution >= 0.6 is 11.6 Å². The molecule has 4 heteroatoms. The van der Waals surface area contributed by atoms with Crippen LogP contribution in [0.25, 0.3) is 10.9 Å². The summed E-state index contributed by atoms with van der Waals surface area (Å²) in [4.78, 5) is 7.48. The van der Waals surface area contributed by atoms with Gasteiger partial charge in [-0.1, -0.05) is 30.5 Å². The summed E-state index contributed by atoms with van der Waals surface area (Å²) in [5.41, 5.74) is 1.60. The van der Waals surface area contributed by atoms with Crippen molar-refractivity contribution in [3.05, 3.63) is 28.8 Å². The molecule has 2 aromatic rings. The molecule has 3 nitrogen and oxygen atoms in total. The smallest absolute Gasteiger partial charge is 0.198 e. The normalized spacial score (nSPS) is 17.2. The first-order chi connectivity index (χ1) is 8.74. The minimum Gasteiger partial charge on any atom is -0.494 e. The molecular formula is C14H15ClN2O. The number of aromatic amines is 1. The predicted molar refractivity (Wildman–Crippen MR) is 74.8 cm³/mol. The maximum Gasteiger partial charge on any atom is 0.198 e. The number of benzene rings is 1. The molecule has 0 unspecified atom stereocenters. The van der Waals surface area contributed by atoms with E-state index in [0.29, 0.717) is 11.1 Å². The van der Waals surface area contributed by atoms with Gasteiger partial charge in [0.25, 0.3) is 0 Å². The maximum absolute atomic E-state index is 9.91. The van der Waals surface area contributed by atoms with Gasteiger partial charge in [-0.05, 0) is 25.0 Å². The Labute approximate surface area is 110 Å². The van der Waals surface area contributed by atoms with Crippen LogP contribution in [0.1, 0.15) is 31.2 Å². The van der Waals surface area contributed by atoms with Crippen LogP contribution in [0.3, 0.4) is 0 Å². The number of rotatable bonds is 2. The quantitative estimate of drug-likeness (QED) is 0.793. The molecule has 1 fully saturated rings. The number of nitrogens with zero attached hydrogens (tertiary/aromatic N) is 1. The van der Waals surface area contributed by atoms with Gasteiger partial charge in [0, 0.05) is 22.7 Å². The molecule has 0 atom stereocenters. The number of hydrogen-bond donors (Lipinski definition) is 2. The highest BCUT2D eigenvalue weighted by Gasteiger charge is 2.14. The van der Waals surface area contributed by atoms with E-state index in [-0.39, 0.29) is 5.88 Å². The van der Waals surface area contributed by atoms with Crippen molar-refractivity contribution in [2.75, 3.05) is 0 Å². The highest BCUT2D eigenvalue weighted by Crippen LogP contribution is 2.28. The predicted octanol–water partition coefficient (Wildman–Crippen LogP) is 3.89. The first-order valence-electron chi connectivity index (χ1n) is 6.27. The van der Waals surface area contributed by atoms with Crippen molar-refractivity contribution in [2.45, 2.75) is 31.7 Å². The fourth-order valence-electron chi connectivity index (χ4n) is 2.54. The third-order valence-electron chi connectivity index (χ3n) is 3.52. The van der Waals surface area contributed by atoms with Gasteiger partial charge in [-0.15, -0.1) is 0 Å². The Balaban J connectivity index is 1.97. The number of fused-ring (bicyclic) bond motifs is 1. The molecule has 1 saturated carbocycles. The second-order valence-corrected chi connectivity index (χ2v) is 5.23. The average Bonchev–Trinajstić information content (AvgIpc) is 2.93. The number of hydrogen-bond acceptors (Lipinski definition) is 2. The van der Waals surface area contributed by atoms with Gasteiger partial charge in [0.1, 0.15) is 0 Å². The fraction of sp³-hybridized carbons (Fsp3) is 0.357. The molecule has 0 aliphatic heterocycles. The summed E-state index contributed by atoms with van der Waals surface area (Å²) in [5, 5.41) is 11.5. The van der Waals surface area contributed by atoms with E-state index in [1.165, 1.54) is 12.8 Å². The highest BCUT2D eigenvalue weighted by molar-refractivity contribution is 6.31. The van der Waals surface area contributed by atoms with Gasteiger partial charge in [-0.25, -0.2) is 0 Å². The van der Waals surface area contributed by atoms with E-state index in [0.717, 1.165) is 29.3 Å². The van der Waals surface area contributed by atoms with Crippen LogP contribution in [0.2, 0.25) is 5.02 Å². The highest BCUT2D eigenvalue weighted by atomic mass is 35.5. The molecule has 1 aromatic heterocycles. The molecule has 94 valence electrons. The minimum absolute atomic E-state index is 0.161. The summed E-state index contributed by atoms with van der Waals surface area (Å²) in [5.74, 6) is 0.161. The lowest BCUT2D eigenvalue weighted by Crippen LogP contribution is -1.96. The molecule has 3 rings (SSSR count). The largest absolute Gasteiger partial charge is 0.494 e. The van der Waals surface area contributed by atoms with Crippen LogP contribution in [0.4, 0.5) is 0 Å². The van der Waals surface area contributed by atoms with Gasteiger partial charge in [-0.2, -0.15) is 0 Å². The van der Waals surface area contributed by atoms with Crippen molar-refractivity contribution in [2.24, 2.45) is 4.99 Å². The van der Waals surface area contributed by atoms with Crippen molar-refractivity contribution in [1.29, 1.82) is 0 Å². The van der Waals surface area contributed by atoms with Crippen LogP contribution < -0.4 is 0 Å². The lowest BCUT2D eigenvalue weighted by atomic mass is 10.2. The molecule has 0 spiro atoms. The summed E-state index contributed by atoms with van der Waals surface area (Å²) < 4.78 is 0. The molecule has 1 heterocycles. The van der Waals surface area contributed by atoms with Gasteiger partial charge in [0.15, 0.2) is 5.88 Å². The van der Waals surface area contributed by atoms with E-state index in [1.807, 2.05) is 18.2 Å². The number of aromatic nitrogens is 1. The Morgan fingerprint density at radius 3 is 2.89 bits per heavy atom. The van der Waals surface area contributed by atoms with E-state index < -0.39 is 0 Å². The van der Waals surface area contributed by atoms with Crippen molar-refractivity contribution in [1.82, 2.24) is 4.98 Å². The fourth-order valence-corrected chi connectivity index (χ4v) is 2.71. The number of H-pyrrole nitrogens is 1. The van der Waals surface area contributed by atoms with Crippen LogP contribution in [0, 0.1) is 0 Å². The summed E-state index contributed by atoms with van der Waals surface area (Å²) in [6, 6.07) is 5.96. The van der Waals surface area contributed by atoms with Gasteiger partial charge < -0.3 is 10.1 Å². The monoisotopic (exact) mass is 262 g/mol. The first-order valence-corrected chi connectivity index (χ1v) is 6.65. The molecule has 0 radical (unpaired) electrons. The van der Waals surface area contributed by atoms with Crippen LogP contribution in [-0.2, 0) is 0 Å². The van der Waals surface area contributed by atoms with Gasteiger partial charge in [0.05, 0.1) is 11.1 Å². The molecular weight excluding hydrogens is 248 g/mol. The summed E-state index contributed by atoms with van der Waals surface area (Å²) in [7, 11) is 0. The lowest BCUT2D eigenvalue weighted by Gasteiger charge is -2.00. The molecule has 1 aromatic carbocycles. The SMILES string of the molecule is Oc1[nH]c2cc(Cl)ccc2c1C=NC1CCCC1. The molecule has 18 heavy (non-hydrogen) atoms. The molecule has 0 saturated heterocycles. The van der Waals surface area contributed by atoms with E-state index in [2.05, 4.69) is 9.98 Å². The Hall–Kier alpha value is -1.48. The Morgan fingerprint density at radius 2 is 2.11 bits per heavy atom.